The van der Waals surface area contributed by atoms with Crippen LogP contribution in [0.5, 0.6) is 0 Å². The predicted molar refractivity (Wildman–Crippen MR) is 114 cm³/mol. The molecule has 1 saturated carbocycles. The van der Waals surface area contributed by atoms with Gasteiger partial charge in [-0.05, 0) is 71.2 Å². The van der Waals surface area contributed by atoms with E-state index in [1.165, 1.54) is 31.2 Å². The molecule has 0 aromatic carbocycles. The molecule has 1 aliphatic carbocycles. The van der Waals surface area contributed by atoms with Gasteiger partial charge in [-0.2, -0.15) is 0 Å². The van der Waals surface area contributed by atoms with Crippen molar-refractivity contribution in [3.8, 4) is 0 Å². The highest BCUT2D eigenvalue weighted by Gasteiger charge is 2.32. The van der Waals surface area contributed by atoms with Crippen LogP contribution in [0.1, 0.15) is 90.7 Å². The van der Waals surface area contributed by atoms with Gasteiger partial charge >= 0.3 is 6.09 Å². The van der Waals surface area contributed by atoms with E-state index in [4.69, 9.17) is 9.72 Å². The normalized spacial score (nSPS) is 22.1. The molecule has 1 saturated heterocycles. The summed E-state index contributed by atoms with van der Waals surface area (Å²) in [7, 11) is 0. The number of pyridine rings is 1. The average molecular weight is 388 g/mol. The minimum atomic E-state index is -0.506. The Labute approximate surface area is 170 Å². The molecule has 2 heterocycles. The van der Waals surface area contributed by atoms with Crippen molar-refractivity contribution in [2.45, 2.75) is 96.7 Å². The molecule has 156 valence electrons. The van der Waals surface area contributed by atoms with Crippen molar-refractivity contribution in [3.05, 3.63) is 23.9 Å². The van der Waals surface area contributed by atoms with E-state index in [9.17, 15) is 4.79 Å². The zero-order valence-electron chi connectivity index (χ0n) is 18.1. The van der Waals surface area contributed by atoms with Crippen LogP contribution >= 0.6 is 0 Å². The van der Waals surface area contributed by atoms with Crippen LogP contribution in [-0.2, 0) is 4.74 Å². The molecule has 1 unspecified atom stereocenters. The van der Waals surface area contributed by atoms with E-state index in [1.54, 1.807) is 0 Å². The van der Waals surface area contributed by atoms with Crippen molar-refractivity contribution in [1.29, 1.82) is 0 Å². The molecular weight excluding hydrogens is 350 g/mol. The second-order valence-electron chi connectivity index (χ2n) is 9.23. The number of anilines is 1. The second kappa shape index (κ2) is 9.25. The number of rotatable bonds is 4. The number of nitrogens with zero attached hydrogens (tertiary/aromatic N) is 3. The molecule has 1 aromatic heterocycles. The van der Waals surface area contributed by atoms with E-state index in [0.29, 0.717) is 6.04 Å². The minimum absolute atomic E-state index is 0.184. The van der Waals surface area contributed by atoms with Crippen LogP contribution in [0.15, 0.2) is 18.3 Å². The molecule has 0 spiro atoms. The lowest BCUT2D eigenvalue weighted by atomic mass is 9.94. The molecular formula is C23H37N3O2. The zero-order valence-corrected chi connectivity index (χ0v) is 18.1. The molecule has 5 heteroatoms. The van der Waals surface area contributed by atoms with E-state index in [2.05, 4.69) is 17.9 Å². The van der Waals surface area contributed by atoms with E-state index < -0.39 is 5.60 Å². The highest BCUT2D eigenvalue weighted by Crippen LogP contribution is 2.32. The number of amides is 1. The number of hydrogen-bond donors (Lipinski definition) is 0. The third-order valence-electron chi connectivity index (χ3n) is 5.95. The summed E-state index contributed by atoms with van der Waals surface area (Å²) in [6.45, 7) is 10.2. The van der Waals surface area contributed by atoms with E-state index >= 15 is 0 Å². The first kappa shape index (κ1) is 21.1. The maximum absolute atomic E-state index is 13.0. The summed E-state index contributed by atoms with van der Waals surface area (Å²) in [5.74, 6) is 0.726. The van der Waals surface area contributed by atoms with Crippen molar-refractivity contribution in [3.63, 3.8) is 0 Å². The van der Waals surface area contributed by atoms with Crippen LogP contribution in [0.3, 0.4) is 0 Å². The van der Waals surface area contributed by atoms with Gasteiger partial charge in [0.05, 0.1) is 0 Å². The van der Waals surface area contributed by atoms with Gasteiger partial charge < -0.3 is 4.74 Å². The van der Waals surface area contributed by atoms with Crippen LogP contribution in [0.2, 0.25) is 0 Å². The molecule has 0 N–H and O–H groups in total. The predicted octanol–water partition coefficient (Wildman–Crippen LogP) is 5.70. The van der Waals surface area contributed by atoms with Gasteiger partial charge in [-0.25, -0.2) is 9.78 Å². The average Bonchev–Trinajstić information content (AvgIpc) is 2.68. The second-order valence-corrected chi connectivity index (χ2v) is 9.23. The van der Waals surface area contributed by atoms with Gasteiger partial charge in [0.1, 0.15) is 11.4 Å². The smallest absolute Gasteiger partial charge is 0.416 e. The van der Waals surface area contributed by atoms with Gasteiger partial charge in [-0.3, -0.25) is 9.80 Å². The van der Waals surface area contributed by atoms with Gasteiger partial charge in [0.2, 0.25) is 0 Å². The van der Waals surface area contributed by atoms with Gasteiger partial charge in [0.15, 0.2) is 0 Å². The van der Waals surface area contributed by atoms with Crippen molar-refractivity contribution in [2.75, 3.05) is 18.0 Å². The molecule has 2 fully saturated rings. The summed E-state index contributed by atoms with van der Waals surface area (Å²) in [6.07, 6.45) is 11.1. The Hall–Kier alpha value is -1.62. The van der Waals surface area contributed by atoms with Crippen molar-refractivity contribution < 1.29 is 9.53 Å². The number of aromatic nitrogens is 1. The number of ether oxygens (including phenoxy) is 1. The van der Waals surface area contributed by atoms with E-state index in [-0.39, 0.29) is 12.1 Å². The Morgan fingerprint density at radius 1 is 1.14 bits per heavy atom. The Morgan fingerprint density at radius 3 is 2.46 bits per heavy atom. The first-order valence-corrected chi connectivity index (χ1v) is 11.1. The van der Waals surface area contributed by atoms with Gasteiger partial charge in [0, 0.05) is 18.3 Å². The summed E-state index contributed by atoms with van der Waals surface area (Å²) < 4.78 is 5.73. The fourth-order valence-corrected chi connectivity index (χ4v) is 4.56. The first-order chi connectivity index (χ1) is 13.4. The molecule has 1 atom stereocenters. The number of carbonyl (C=O) groups is 1. The number of carbonyl (C=O) groups excluding carboxylic acids is 1. The summed E-state index contributed by atoms with van der Waals surface area (Å²) >= 11 is 0. The fourth-order valence-electron chi connectivity index (χ4n) is 4.56. The molecule has 2 aliphatic rings. The largest absolute Gasteiger partial charge is 0.443 e. The SMILES string of the molecule is CCN1CCCCC1c1ccc(N(C(=O)OC(C)(C)C)C2CCCCC2)nc1. The molecule has 1 aliphatic heterocycles. The Kier molecular flexibility index (Phi) is 6.97. The monoisotopic (exact) mass is 387 g/mol. The van der Waals surface area contributed by atoms with Gasteiger partial charge in [-0.1, -0.05) is 38.7 Å². The molecule has 3 rings (SSSR count). The minimum Gasteiger partial charge on any atom is -0.443 e. The maximum Gasteiger partial charge on any atom is 0.416 e. The quantitative estimate of drug-likeness (QED) is 0.664. The van der Waals surface area contributed by atoms with E-state index in [0.717, 1.165) is 44.6 Å². The summed E-state index contributed by atoms with van der Waals surface area (Å²) in [5, 5.41) is 0. The summed E-state index contributed by atoms with van der Waals surface area (Å²) in [6, 6.07) is 4.83. The highest BCUT2D eigenvalue weighted by atomic mass is 16.6. The lowest BCUT2D eigenvalue weighted by Gasteiger charge is -2.36. The number of hydrogen-bond acceptors (Lipinski definition) is 4. The van der Waals surface area contributed by atoms with Gasteiger partial charge in [0.25, 0.3) is 0 Å². The van der Waals surface area contributed by atoms with Crippen molar-refractivity contribution in [1.82, 2.24) is 9.88 Å². The molecule has 0 bridgehead atoms. The third-order valence-corrected chi connectivity index (χ3v) is 5.95. The van der Waals surface area contributed by atoms with Crippen LogP contribution < -0.4 is 4.90 Å². The Morgan fingerprint density at radius 2 is 1.86 bits per heavy atom. The lowest BCUT2D eigenvalue weighted by Crippen LogP contribution is -2.45. The fraction of sp³-hybridized carbons (Fsp3) is 0.739. The van der Waals surface area contributed by atoms with Crippen LogP contribution in [0.25, 0.3) is 0 Å². The molecule has 5 nitrogen and oxygen atoms in total. The summed E-state index contributed by atoms with van der Waals surface area (Å²) in [4.78, 5) is 22.1. The Balaban J connectivity index is 1.82. The van der Waals surface area contributed by atoms with Crippen LogP contribution in [0, 0.1) is 0 Å². The Bertz CT molecular complexity index is 632. The summed E-state index contributed by atoms with van der Waals surface area (Å²) in [5.41, 5.74) is 0.756. The van der Waals surface area contributed by atoms with Crippen molar-refractivity contribution in [2.24, 2.45) is 0 Å². The standard InChI is InChI=1S/C23H37N3O2/c1-5-25-16-10-9-13-20(25)18-14-15-21(24-17-18)26(19-11-7-6-8-12-19)22(27)28-23(2,3)4/h14-15,17,19-20H,5-13,16H2,1-4H3. The zero-order chi connectivity index (χ0) is 20.1. The number of piperidine rings is 1. The molecule has 28 heavy (non-hydrogen) atoms. The molecule has 1 aromatic rings. The third kappa shape index (κ3) is 5.25. The van der Waals surface area contributed by atoms with Crippen LogP contribution in [0.4, 0.5) is 10.6 Å². The number of likely N-dealkylation sites (tertiary alicyclic amines) is 1. The lowest BCUT2D eigenvalue weighted by molar-refractivity contribution is 0.0556. The topological polar surface area (TPSA) is 45.7 Å². The van der Waals surface area contributed by atoms with Crippen molar-refractivity contribution >= 4 is 11.9 Å². The maximum atomic E-state index is 13.0. The molecule has 1 amide bonds. The van der Waals surface area contributed by atoms with Gasteiger partial charge in [-0.15, -0.1) is 0 Å². The first-order valence-electron chi connectivity index (χ1n) is 11.1. The highest BCUT2D eigenvalue weighted by molar-refractivity contribution is 5.87. The van der Waals surface area contributed by atoms with Crippen LogP contribution in [-0.4, -0.2) is 40.7 Å². The van der Waals surface area contributed by atoms with E-state index in [1.807, 2.05) is 37.9 Å². The molecule has 0 radical (unpaired) electrons.